The maximum atomic E-state index is 12.4. The lowest BCUT2D eigenvalue weighted by molar-refractivity contribution is 0.0498. The van der Waals surface area contributed by atoms with Crippen molar-refractivity contribution in [3.05, 3.63) is 41.5 Å². The first-order valence-electron chi connectivity index (χ1n) is 6.92. The van der Waals surface area contributed by atoms with Gasteiger partial charge in [-0.25, -0.2) is 4.79 Å². The number of carbonyl (C=O) groups is 1. The van der Waals surface area contributed by atoms with Gasteiger partial charge in [0, 0.05) is 5.39 Å². The third-order valence-electron chi connectivity index (χ3n) is 3.37. The molecule has 0 radical (unpaired) electrons. The van der Waals surface area contributed by atoms with Gasteiger partial charge in [-0.15, -0.1) is 0 Å². The highest BCUT2D eigenvalue weighted by atomic mass is 16.5. The molecule has 2 rings (SSSR count). The van der Waals surface area contributed by atoms with Crippen LogP contribution in [0.4, 0.5) is 0 Å². The van der Waals surface area contributed by atoms with Crippen molar-refractivity contribution in [3.8, 4) is 5.75 Å². The van der Waals surface area contributed by atoms with Crippen LogP contribution in [0.25, 0.3) is 10.8 Å². The predicted octanol–water partition coefficient (Wildman–Crippen LogP) is 4.11. The summed E-state index contributed by atoms with van der Waals surface area (Å²) in [5.41, 5.74) is 1.57. The molecule has 0 aliphatic heterocycles. The fourth-order valence-electron chi connectivity index (χ4n) is 2.30. The number of hydrogen-bond donors (Lipinski definition) is 0. The maximum absolute atomic E-state index is 12.4. The molecule has 0 saturated heterocycles. The SMILES string of the molecule is CCCCOC(=O)c1c(OC)ccc2cccc(C)c12. The molecular formula is C17H20O3. The fraction of sp³-hybridized carbons (Fsp3) is 0.353. The molecule has 0 saturated carbocycles. The topological polar surface area (TPSA) is 35.5 Å². The zero-order valence-electron chi connectivity index (χ0n) is 12.2. The van der Waals surface area contributed by atoms with Crippen LogP contribution in [-0.2, 0) is 4.74 Å². The lowest BCUT2D eigenvalue weighted by Crippen LogP contribution is -2.09. The Bertz CT molecular complexity index is 617. The van der Waals surface area contributed by atoms with E-state index in [4.69, 9.17) is 9.47 Å². The number of rotatable bonds is 5. The Hall–Kier alpha value is -2.03. The monoisotopic (exact) mass is 272 g/mol. The van der Waals surface area contributed by atoms with Crippen molar-refractivity contribution in [2.75, 3.05) is 13.7 Å². The molecule has 0 unspecified atom stereocenters. The third kappa shape index (κ3) is 2.77. The van der Waals surface area contributed by atoms with Crippen LogP contribution in [0.5, 0.6) is 5.75 Å². The average Bonchev–Trinajstić information content (AvgIpc) is 2.46. The summed E-state index contributed by atoms with van der Waals surface area (Å²) in [7, 11) is 1.57. The quantitative estimate of drug-likeness (QED) is 0.607. The second-order valence-corrected chi connectivity index (χ2v) is 4.81. The Balaban J connectivity index is 2.50. The molecular weight excluding hydrogens is 252 g/mol. The van der Waals surface area contributed by atoms with Crippen molar-refractivity contribution >= 4 is 16.7 Å². The first-order valence-corrected chi connectivity index (χ1v) is 6.92. The van der Waals surface area contributed by atoms with E-state index in [0.29, 0.717) is 17.9 Å². The van der Waals surface area contributed by atoms with Crippen LogP contribution in [0.2, 0.25) is 0 Å². The van der Waals surface area contributed by atoms with E-state index in [1.54, 1.807) is 7.11 Å². The van der Waals surface area contributed by atoms with Crippen LogP contribution in [0.1, 0.15) is 35.7 Å². The number of esters is 1. The van der Waals surface area contributed by atoms with Gasteiger partial charge >= 0.3 is 5.97 Å². The Morgan fingerprint density at radius 1 is 1.20 bits per heavy atom. The number of aryl methyl sites for hydroxylation is 1. The van der Waals surface area contributed by atoms with Crippen molar-refractivity contribution < 1.29 is 14.3 Å². The van der Waals surface area contributed by atoms with Crippen LogP contribution in [0.3, 0.4) is 0 Å². The van der Waals surface area contributed by atoms with Crippen molar-refractivity contribution in [2.45, 2.75) is 26.7 Å². The van der Waals surface area contributed by atoms with E-state index < -0.39 is 0 Å². The summed E-state index contributed by atoms with van der Waals surface area (Å²) in [4.78, 5) is 12.4. The molecule has 2 aromatic rings. The van der Waals surface area contributed by atoms with Crippen molar-refractivity contribution in [2.24, 2.45) is 0 Å². The maximum Gasteiger partial charge on any atom is 0.342 e. The Morgan fingerprint density at radius 3 is 2.70 bits per heavy atom. The molecule has 20 heavy (non-hydrogen) atoms. The minimum absolute atomic E-state index is 0.310. The summed E-state index contributed by atoms with van der Waals surface area (Å²) in [6.45, 7) is 4.50. The van der Waals surface area contributed by atoms with Gasteiger partial charge in [0.1, 0.15) is 11.3 Å². The van der Waals surface area contributed by atoms with Crippen LogP contribution in [0, 0.1) is 6.92 Å². The highest BCUT2D eigenvalue weighted by Gasteiger charge is 2.18. The molecule has 0 aromatic heterocycles. The highest BCUT2D eigenvalue weighted by Crippen LogP contribution is 2.31. The Labute approximate surface area is 119 Å². The van der Waals surface area contributed by atoms with Gasteiger partial charge in [0.25, 0.3) is 0 Å². The molecule has 0 atom stereocenters. The molecule has 0 heterocycles. The number of benzene rings is 2. The zero-order valence-corrected chi connectivity index (χ0v) is 12.2. The van der Waals surface area contributed by atoms with Crippen molar-refractivity contribution in [1.82, 2.24) is 0 Å². The average molecular weight is 272 g/mol. The number of hydrogen-bond acceptors (Lipinski definition) is 3. The summed E-state index contributed by atoms with van der Waals surface area (Å²) in [6.07, 6.45) is 1.87. The summed E-state index contributed by atoms with van der Waals surface area (Å²) in [5.74, 6) is 0.253. The molecule has 0 fully saturated rings. The molecule has 2 aromatic carbocycles. The summed E-state index contributed by atoms with van der Waals surface area (Å²) in [5, 5.41) is 1.93. The molecule has 0 aliphatic rings. The number of carbonyl (C=O) groups excluding carboxylic acids is 1. The highest BCUT2D eigenvalue weighted by molar-refractivity contribution is 6.08. The van der Waals surface area contributed by atoms with E-state index in [0.717, 1.165) is 29.2 Å². The molecule has 0 bridgehead atoms. The van der Waals surface area contributed by atoms with E-state index in [2.05, 4.69) is 6.92 Å². The molecule has 106 valence electrons. The van der Waals surface area contributed by atoms with Crippen LogP contribution < -0.4 is 4.74 Å². The normalized spacial score (nSPS) is 10.6. The second kappa shape index (κ2) is 6.42. The van der Waals surface area contributed by atoms with Crippen LogP contribution in [-0.4, -0.2) is 19.7 Å². The lowest BCUT2D eigenvalue weighted by Gasteiger charge is -2.13. The van der Waals surface area contributed by atoms with E-state index in [1.807, 2.05) is 37.3 Å². The van der Waals surface area contributed by atoms with Crippen molar-refractivity contribution in [1.29, 1.82) is 0 Å². The second-order valence-electron chi connectivity index (χ2n) is 4.81. The number of methoxy groups -OCH3 is 1. The van der Waals surface area contributed by atoms with Gasteiger partial charge in [0.2, 0.25) is 0 Å². The number of unbranched alkanes of at least 4 members (excludes halogenated alkanes) is 1. The van der Waals surface area contributed by atoms with Gasteiger partial charge in [-0.05, 0) is 30.4 Å². The van der Waals surface area contributed by atoms with Gasteiger partial charge in [0.15, 0.2) is 0 Å². The lowest BCUT2D eigenvalue weighted by atomic mass is 9.99. The van der Waals surface area contributed by atoms with Gasteiger partial charge in [-0.2, -0.15) is 0 Å². The van der Waals surface area contributed by atoms with E-state index in [1.165, 1.54) is 0 Å². The Kier molecular flexibility index (Phi) is 4.61. The number of fused-ring (bicyclic) bond motifs is 1. The molecule has 0 spiro atoms. The first kappa shape index (κ1) is 14.4. The minimum atomic E-state index is -0.310. The fourth-order valence-corrected chi connectivity index (χ4v) is 2.30. The number of ether oxygens (including phenoxy) is 2. The minimum Gasteiger partial charge on any atom is -0.496 e. The molecule has 0 N–H and O–H groups in total. The third-order valence-corrected chi connectivity index (χ3v) is 3.37. The Morgan fingerprint density at radius 2 is 2.00 bits per heavy atom. The van der Waals surface area contributed by atoms with E-state index in [-0.39, 0.29) is 5.97 Å². The zero-order chi connectivity index (χ0) is 14.5. The van der Waals surface area contributed by atoms with Crippen LogP contribution >= 0.6 is 0 Å². The summed E-state index contributed by atoms with van der Waals surface area (Å²) < 4.78 is 10.7. The smallest absolute Gasteiger partial charge is 0.342 e. The van der Waals surface area contributed by atoms with Gasteiger partial charge in [-0.3, -0.25) is 0 Å². The first-order chi connectivity index (χ1) is 9.69. The molecule has 3 nitrogen and oxygen atoms in total. The molecule has 3 heteroatoms. The van der Waals surface area contributed by atoms with Crippen LogP contribution in [0.15, 0.2) is 30.3 Å². The van der Waals surface area contributed by atoms with Gasteiger partial charge < -0.3 is 9.47 Å². The van der Waals surface area contributed by atoms with E-state index >= 15 is 0 Å². The predicted molar refractivity (Wildman–Crippen MR) is 80.4 cm³/mol. The van der Waals surface area contributed by atoms with Crippen molar-refractivity contribution in [3.63, 3.8) is 0 Å². The van der Waals surface area contributed by atoms with Gasteiger partial charge in [0.05, 0.1) is 13.7 Å². The largest absolute Gasteiger partial charge is 0.496 e. The summed E-state index contributed by atoms with van der Waals surface area (Å²) >= 11 is 0. The standard InChI is InChI=1S/C17H20O3/c1-4-5-11-20-17(18)16-14(19-3)10-9-13-8-6-7-12(2)15(13)16/h6-10H,4-5,11H2,1-3H3. The van der Waals surface area contributed by atoms with E-state index in [9.17, 15) is 4.79 Å². The summed E-state index contributed by atoms with van der Waals surface area (Å²) in [6, 6.07) is 9.74. The molecule has 0 aliphatic carbocycles. The van der Waals surface area contributed by atoms with Gasteiger partial charge in [-0.1, -0.05) is 37.6 Å². The molecule has 0 amide bonds.